The number of rotatable bonds is 17. The zero-order valence-corrected chi connectivity index (χ0v) is 19.6. The number of benzene rings is 1. The second-order valence-corrected chi connectivity index (χ2v) is 8.73. The normalized spacial score (nSPS) is 11.8. The Kier molecular flexibility index (Phi) is 15.2. The molecule has 0 saturated carbocycles. The van der Waals surface area contributed by atoms with Crippen molar-refractivity contribution < 1.29 is 19.1 Å². The van der Waals surface area contributed by atoms with E-state index in [1.165, 1.54) is 64.2 Å². The summed E-state index contributed by atoms with van der Waals surface area (Å²) >= 11 is 5.77. The minimum absolute atomic E-state index is 0.156. The molecule has 0 N–H and O–H groups in total. The maximum absolute atomic E-state index is 12.1. The molecule has 0 bridgehead atoms. The monoisotopic (exact) mass is 438 g/mol. The molecule has 0 aliphatic rings. The second kappa shape index (κ2) is 17.2. The quantitative estimate of drug-likeness (QED) is 0.145. The van der Waals surface area contributed by atoms with Crippen LogP contribution in [0.1, 0.15) is 112 Å². The Bertz CT molecular complexity index is 583. The summed E-state index contributed by atoms with van der Waals surface area (Å²) in [5.41, 5.74) is 0.834. The lowest BCUT2D eigenvalue weighted by Crippen LogP contribution is -2.12. The van der Waals surface area contributed by atoms with Gasteiger partial charge in [-0.2, -0.15) is 0 Å². The first-order valence-corrected chi connectivity index (χ1v) is 12.1. The molecule has 1 aromatic rings. The van der Waals surface area contributed by atoms with Crippen molar-refractivity contribution in [2.75, 3.05) is 13.2 Å². The molecule has 0 fully saturated rings. The van der Waals surface area contributed by atoms with Gasteiger partial charge in [-0.3, -0.25) is 0 Å². The zero-order valence-electron chi connectivity index (χ0n) is 18.8. The fraction of sp³-hybridized carbons (Fsp3) is 0.680. The lowest BCUT2D eigenvalue weighted by atomic mass is 10.1. The van der Waals surface area contributed by atoms with Crippen LogP contribution < -0.4 is 0 Å². The number of carbonyl (C=O) groups excluding carboxylic acids is 2. The molecule has 170 valence electrons. The van der Waals surface area contributed by atoms with Gasteiger partial charge >= 0.3 is 11.9 Å². The van der Waals surface area contributed by atoms with Gasteiger partial charge < -0.3 is 9.47 Å². The predicted molar refractivity (Wildman–Crippen MR) is 123 cm³/mol. The Labute approximate surface area is 187 Å². The molecule has 30 heavy (non-hydrogen) atoms. The maximum atomic E-state index is 12.1. The Balaban J connectivity index is 2.06. The molecule has 0 aliphatic heterocycles. The van der Waals surface area contributed by atoms with E-state index in [0.29, 0.717) is 17.7 Å². The summed E-state index contributed by atoms with van der Waals surface area (Å²) in [7, 11) is 0. The first-order valence-electron chi connectivity index (χ1n) is 11.6. The van der Waals surface area contributed by atoms with E-state index in [4.69, 9.17) is 21.1 Å². The van der Waals surface area contributed by atoms with Gasteiger partial charge in [-0.05, 0) is 37.6 Å². The van der Waals surface area contributed by atoms with Gasteiger partial charge in [-0.25, -0.2) is 9.59 Å². The van der Waals surface area contributed by atoms with E-state index in [-0.39, 0.29) is 18.0 Å². The Morgan fingerprint density at radius 2 is 1.13 bits per heavy atom. The minimum Gasteiger partial charge on any atom is -0.462 e. The van der Waals surface area contributed by atoms with Crippen molar-refractivity contribution in [3.8, 4) is 0 Å². The molecule has 0 amide bonds. The number of hydrogen-bond acceptors (Lipinski definition) is 4. The summed E-state index contributed by atoms with van der Waals surface area (Å²) in [5.74, 6) is -0.800. The SMILES string of the molecule is CCCCCCCCCCCCCCOC(=O)c1ccc(C(=O)OCC(C)Cl)cc1. The number of carbonyl (C=O) groups is 2. The highest BCUT2D eigenvalue weighted by Crippen LogP contribution is 2.13. The van der Waals surface area contributed by atoms with Gasteiger partial charge in [-0.1, -0.05) is 77.6 Å². The number of unbranched alkanes of at least 4 members (excludes halogenated alkanes) is 11. The first kappa shape index (κ1) is 26.5. The maximum Gasteiger partial charge on any atom is 0.338 e. The lowest BCUT2D eigenvalue weighted by Gasteiger charge is -2.07. The van der Waals surface area contributed by atoms with E-state index < -0.39 is 5.97 Å². The molecule has 0 heterocycles. The van der Waals surface area contributed by atoms with Crippen LogP contribution >= 0.6 is 11.6 Å². The van der Waals surface area contributed by atoms with Crippen molar-refractivity contribution in [1.29, 1.82) is 0 Å². The number of halogens is 1. The topological polar surface area (TPSA) is 52.6 Å². The van der Waals surface area contributed by atoms with Crippen LogP contribution in [0.15, 0.2) is 24.3 Å². The summed E-state index contributed by atoms with van der Waals surface area (Å²) in [6.07, 6.45) is 15.3. The largest absolute Gasteiger partial charge is 0.462 e. The molecule has 1 unspecified atom stereocenters. The highest BCUT2D eigenvalue weighted by atomic mass is 35.5. The van der Waals surface area contributed by atoms with E-state index in [1.54, 1.807) is 31.2 Å². The lowest BCUT2D eigenvalue weighted by molar-refractivity contribution is 0.0487. The van der Waals surface area contributed by atoms with Crippen LogP contribution in [0.25, 0.3) is 0 Å². The van der Waals surface area contributed by atoms with E-state index in [0.717, 1.165) is 12.8 Å². The van der Waals surface area contributed by atoms with Crippen LogP contribution in [0, 0.1) is 0 Å². The molecule has 1 aromatic carbocycles. The third-order valence-electron chi connectivity index (χ3n) is 5.03. The van der Waals surface area contributed by atoms with Gasteiger partial charge in [-0.15, -0.1) is 11.6 Å². The van der Waals surface area contributed by atoms with Crippen LogP contribution in [0.3, 0.4) is 0 Å². The van der Waals surface area contributed by atoms with Gasteiger partial charge in [0.05, 0.1) is 23.1 Å². The van der Waals surface area contributed by atoms with Crippen molar-refractivity contribution in [3.05, 3.63) is 35.4 Å². The van der Waals surface area contributed by atoms with Crippen LogP contribution in [0.5, 0.6) is 0 Å². The molecule has 0 aromatic heterocycles. The molecule has 5 heteroatoms. The van der Waals surface area contributed by atoms with E-state index in [2.05, 4.69) is 6.92 Å². The molecule has 4 nitrogen and oxygen atoms in total. The molecule has 0 radical (unpaired) electrons. The third kappa shape index (κ3) is 12.9. The van der Waals surface area contributed by atoms with E-state index in [9.17, 15) is 9.59 Å². The van der Waals surface area contributed by atoms with Gasteiger partial charge in [0.25, 0.3) is 0 Å². The fourth-order valence-corrected chi connectivity index (χ4v) is 3.27. The van der Waals surface area contributed by atoms with E-state index in [1.807, 2.05) is 0 Å². The molecular formula is C25H39ClO4. The van der Waals surface area contributed by atoms with Crippen LogP contribution in [-0.4, -0.2) is 30.5 Å². The van der Waals surface area contributed by atoms with Gasteiger partial charge in [0.1, 0.15) is 6.61 Å². The third-order valence-corrected chi connectivity index (χ3v) is 5.16. The molecule has 0 spiro atoms. The standard InChI is InChI=1S/C25H39ClO4/c1-3-4-5-6-7-8-9-10-11-12-13-14-19-29-24(27)22-15-17-23(18-16-22)25(28)30-20-21(2)26/h15-18,21H,3-14,19-20H2,1-2H3. The van der Waals surface area contributed by atoms with Crippen LogP contribution in [0.2, 0.25) is 0 Å². The van der Waals surface area contributed by atoms with Gasteiger partial charge in [0.2, 0.25) is 0 Å². The van der Waals surface area contributed by atoms with Crippen molar-refractivity contribution >= 4 is 23.5 Å². The summed E-state index contributed by atoms with van der Waals surface area (Å²) < 4.78 is 10.4. The molecular weight excluding hydrogens is 400 g/mol. The number of esters is 2. The second-order valence-electron chi connectivity index (χ2n) is 7.98. The number of hydrogen-bond donors (Lipinski definition) is 0. The Hall–Kier alpha value is -1.55. The average molecular weight is 439 g/mol. The van der Waals surface area contributed by atoms with Gasteiger partial charge in [0, 0.05) is 0 Å². The fourth-order valence-electron chi connectivity index (χ4n) is 3.21. The molecule has 1 rings (SSSR count). The van der Waals surface area contributed by atoms with Gasteiger partial charge in [0.15, 0.2) is 0 Å². The molecule has 0 saturated heterocycles. The highest BCUT2D eigenvalue weighted by Gasteiger charge is 2.11. The summed E-state index contributed by atoms with van der Waals surface area (Å²) in [6.45, 7) is 4.60. The summed E-state index contributed by atoms with van der Waals surface area (Å²) in [4.78, 5) is 23.9. The van der Waals surface area contributed by atoms with Crippen molar-refractivity contribution in [1.82, 2.24) is 0 Å². The predicted octanol–water partition coefficient (Wildman–Crippen LogP) is 7.33. The molecule has 1 atom stereocenters. The minimum atomic E-state index is -0.445. The van der Waals surface area contributed by atoms with Crippen LogP contribution in [-0.2, 0) is 9.47 Å². The Morgan fingerprint density at radius 3 is 1.57 bits per heavy atom. The summed E-state index contributed by atoms with van der Waals surface area (Å²) in [6, 6.07) is 6.32. The Morgan fingerprint density at radius 1 is 0.733 bits per heavy atom. The van der Waals surface area contributed by atoms with Crippen molar-refractivity contribution in [2.24, 2.45) is 0 Å². The first-order chi connectivity index (χ1) is 14.5. The highest BCUT2D eigenvalue weighted by molar-refractivity contribution is 6.20. The number of alkyl halides is 1. The molecule has 0 aliphatic carbocycles. The number of ether oxygens (including phenoxy) is 2. The zero-order chi connectivity index (χ0) is 22.0. The van der Waals surface area contributed by atoms with Crippen molar-refractivity contribution in [2.45, 2.75) is 96.3 Å². The van der Waals surface area contributed by atoms with E-state index >= 15 is 0 Å². The van der Waals surface area contributed by atoms with Crippen LogP contribution in [0.4, 0.5) is 0 Å². The summed E-state index contributed by atoms with van der Waals surface area (Å²) in [5, 5.41) is -0.233. The smallest absolute Gasteiger partial charge is 0.338 e. The van der Waals surface area contributed by atoms with Crippen molar-refractivity contribution in [3.63, 3.8) is 0 Å². The average Bonchev–Trinajstić information content (AvgIpc) is 2.75.